The Kier molecular flexibility index (Phi) is 4.42. The molecule has 0 unspecified atom stereocenters. The van der Waals surface area contributed by atoms with Crippen LogP contribution in [0.2, 0.25) is 0 Å². The summed E-state index contributed by atoms with van der Waals surface area (Å²) in [5, 5.41) is 18.3. The van der Waals surface area contributed by atoms with Crippen molar-refractivity contribution in [2.45, 2.75) is 0 Å². The quantitative estimate of drug-likeness (QED) is 0.312. The standard InChI is InChI=1S/C8H13N5O4S/c9-12-7-3-1-2-6(8(7)13(14)15)11-4-5-18(10,16)17/h1-3,11-12H,4-5,9H2,(H2,10,16,17). The third-order valence-electron chi connectivity index (χ3n) is 2.08. The highest BCUT2D eigenvalue weighted by atomic mass is 32.2. The maximum atomic E-state index is 10.9. The molecule has 0 radical (unpaired) electrons. The maximum Gasteiger partial charge on any atom is 0.316 e. The topological polar surface area (TPSA) is 153 Å². The SMILES string of the molecule is NNc1cccc(NCCS(N)(=O)=O)c1[N+](=O)[O-]. The van der Waals surface area contributed by atoms with Gasteiger partial charge in [-0.15, -0.1) is 0 Å². The predicted molar refractivity (Wildman–Crippen MR) is 67.4 cm³/mol. The van der Waals surface area contributed by atoms with Gasteiger partial charge < -0.3 is 10.7 Å². The number of hydrogen-bond acceptors (Lipinski definition) is 7. The summed E-state index contributed by atoms with van der Waals surface area (Å²) >= 11 is 0. The zero-order valence-electron chi connectivity index (χ0n) is 9.29. The van der Waals surface area contributed by atoms with E-state index in [2.05, 4.69) is 10.7 Å². The molecule has 9 nitrogen and oxygen atoms in total. The second-order valence-corrected chi connectivity index (χ2v) is 5.13. The summed E-state index contributed by atoms with van der Waals surface area (Å²) in [5.41, 5.74) is 2.24. The summed E-state index contributed by atoms with van der Waals surface area (Å²) in [4.78, 5) is 10.3. The second kappa shape index (κ2) is 5.62. The van der Waals surface area contributed by atoms with Crippen LogP contribution in [-0.2, 0) is 10.0 Å². The number of nitrogens with two attached hydrogens (primary N) is 2. The van der Waals surface area contributed by atoms with Crippen LogP contribution in [0, 0.1) is 10.1 Å². The molecule has 6 N–H and O–H groups in total. The lowest BCUT2D eigenvalue weighted by Crippen LogP contribution is -2.22. The van der Waals surface area contributed by atoms with Gasteiger partial charge in [0.25, 0.3) is 0 Å². The van der Waals surface area contributed by atoms with Crippen molar-refractivity contribution in [2.24, 2.45) is 11.0 Å². The van der Waals surface area contributed by atoms with Crippen LogP contribution in [-0.4, -0.2) is 25.6 Å². The Morgan fingerprint density at radius 2 is 1.94 bits per heavy atom. The number of nitro benzene ring substituents is 1. The number of primary sulfonamides is 1. The Hall–Kier alpha value is -1.91. The zero-order valence-corrected chi connectivity index (χ0v) is 10.1. The largest absolute Gasteiger partial charge is 0.378 e. The molecule has 0 heterocycles. The second-order valence-electron chi connectivity index (χ2n) is 3.40. The van der Waals surface area contributed by atoms with E-state index in [9.17, 15) is 18.5 Å². The molecule has 0 aliphatic carbocycles. The molecule has 0 atom stereocenters. The molecule has 0 bridgehead atoms. The van der Waals surface area contributed by atoms with E-state index in [-0.39, 0.29) is 29.4 Å². The van der Waals surface area contributed by atoms with Gasteiger partial charge in [-0.3, -0.25) is 16.0 Å². The normalized spacial score (nSPS) is 11.0. The molecule has 18 heavy (non-hydrogen) atoms. The monoisotopic (exact) mass is 275 g/mol. The number of sulfonamides is 1. The predicted octanol–water partition coefficient (Wildman–Crippen LogP) is -0.419. The molecule has 0 saturated carbocycles. The molecule has 0 aliphatic rings. The van der Waals surface area contributed by atoms with Gasteiger partial charge in [0.15, 0.2) is 0 Å². The number of nitro groups is 1. The van der Waals surface area contributed by atoms with Crippen molar-refractivity contribution in [1.29, 1.82) is 0 Å². The summed E-state index contributed by atoms with van der Waals surface area (Å²) in [7, 11) is -3.62. The lowest BCUT2D eigenvalue weighted by atomic mass is 10.2. The van der Waals surface area contributed by atoms with E-state index >= 15 is 0 Å². The fourth-order valence-electron chi connectivity index (χ4n) is 1.33. The van der Waals surface area contributed by atoms with Crippen molar-refractivity contribution in [2.75, 3.05) is 23.0 Å². The lowest BCUT2D eigenvalue weighted by molar-refractivity contribution is -0.383. The average Bonchev–Trinajstić information content (AvgIpc) is 2.26. The Morgan fingerprint density at radius 1 is 1.33 bits per heavy atom. The first-order chi connectivity index (χ1) is 8.35. The van der Waals surface area contributed by atoms with E-state index in [1.54, 1.807) is 6.07 Å². The summed E-state index contributed by atoms with van der Waals surface area (Å²) in [6.45, 7) is -0.0340. The highest BCUT2D eigenvalue weighted by Gasteiger charge is 2.18. The van der Waals surface area contributed by atoms with Crippen molar-refractivity contribution < 1.29 is 13.3 Å². The number of anilines is 2. The maximum absolute atomic E-state index is 10.9. The minimum Gasteiger partial charge on any atom is -0.378 e. The minimum atomic E-state index is -3.62. The minimum absolute atomic E-state index is 0.0340. The highest BCUT2D eigenvalue weighted by molar-refractivity contribution is 7.89. The summed E-state index contributed by atoms with van der Waals surface area (Å²) < 4.78 is 21.5. The van der Waals surface area contributed by atoms with Crippen molar-refractivity contribution in [1.82, 2.24) is 0 Å². The van der Waals surface area contributed by atoms with E-state index in [1.165, 1.54) is 12.1 Å². The molecule has 1 rings (SSSR count). The summed E-state index contributed by atoms with van der Waals surface area (Å²) in [5.74, 6) is 4.83. The van der Waals surface area contributed by atoms with Crippen molar-refractivity contribution in [3.63, 3.8) is 0 Å². The van der Waals surface area contributed by atoms with Crippen LogP contribution in [0.3, 0.4) is 0 Å². The van der Waals surface area contributed by atoms with E-state index < -0.39 is 14.9 Å². The summed E-state index contributed by atoms with van der Waals surface area (Å²) in [6, 6.07) is 4.42. The third kappa shape index (κ3) is 3.84. The number of nitrogens with zero attached hydrogens (tertiary/aromatic N) is 1. The number of para-hydroxylation sites is 1. The van der Waals surface area contributed by atoms with E-state index in [1.807, 2.05) is 0 Å². The fourth-order valence-corrected chi connectivity index (χ4v) is 1.71. The number of nitrogen functional groups attached to an aromatic ring is 1. The van der Waals surface area contributed by atoms with Crippen LogP contribution in [0.4, 0.5) is 17.1 Å². The first kappa shape index (κ1) is 14.2. The molecule has 1 aromatic carbocycles. The number of benzene rings is 1. The van der Waals surface area contributed by atoms with Gasteiger partial charge in [-0.1, -0.05) is 6.07 Å². The third-order valence-corrected chi connectivity index (χ3v) is 2.85. The van der Waals surface area contributed by atoms with Gasteiger partial charge in [0, 0.05) is 6.54 Å². The van der Waals surface area contributed by atoms with E-state index in [4.69, 9.17) is 11.0 Å². The van der Waals surface area contributed by atoms with Crippen molar-refractivity contribution >= 4 is 27.1 Å². The van der Waals surface area contributed by atoms with Crippen LogP contribution in [0.15, 0.2) is 18.2 Å². The van der Waals surface area contributed by atoms with Gasteiger partial charge in [0.05, 0.1) is 10.7 Å². The summed E-state index contributed by atoms with van der Waals surface area (Å²) in [6.07, 6.45) is 0. The molecule has 0 spiro atoms. The molecule has 100 valence electrons. The van der Waals surface area contributed by atoms with Crippen LogP contribution in [0.1, 0.15) is 0 Å². The molecule has 0 aliphatic heterocycles. The number of hydrogen-bond donors (Lipinski definition) is 4. The first-order valence-corrected chi connectivity index (χ1v) is 6.55. The van der Waals surface area contributed by atoms with Crippen LogP contribution >= 0.6 is 0 Å². The number of nitrogens with one attached hydrogen (secondary N) is 2. The van der Waals surface area contributed by atoms with Gasteiger partial charge in [-0.05, 0) is 12.1 Å². The molecule has 1 aromatic rings. The molecular weight excluding hydrogens is 262 g/mol. The Morgan fingerprint density at radius 3 is 2.44 bits per heavy atom. The molecule has 0 amide bonds. The smallest absolute Gasteiger partial charge is 0.316 e. The van der Waals surface area contributed by atoms with Crippen LogP contribution in [0.5, 0.6) is 0 Å². The average molecular weight is 275 g/mol. The highest BCUT2D eigenvalue weighted by Crippen LogP contribution is 2.31. The molecule has 0 fully saturated rings. The zero-order chi connectivity index (χ0) is 13.8. The van der Waals surface area contributed by atoms with Gasteiger partial charge >= 0.3 is 5.69 Å². The molecule has 0 aromatic heterocycles. The molecular formula is C8H13N5O4S. The number of hydrazine groups is 1. The van der Waals surface area contributed by atoms with Crippen LogP contribution < -0.4 is 21.7 Å². The van der Waals surface area contributed by atoms with Gasteiger partial charge in [-0.2, -0.15) is 0 Å². The van der Waals surface area contributed by atoms with Gasteiger partial charge in [-0.25, -0.2) is 13.6 Å². The van der Waals surface area contributed by atoms with Gasteiger partial charge in [0.1, 0.15) is 11.4 Å². The van der Waals surface area contributed by atoms with E-state index in [0.29, 0.717) is 0 Å². The fraction of sp³-hybridized carbons (Fsp3) is 0.250. The molecule has 10 heteroatoms. The van der Waals surface area contributed by atoms with Gasteiger partial charge in [0.2, 0.25) is 10.0 Å². The van der Waals surface area contributed by atoms with Crippen molar-refractivity contribution in [3.05, 3.63) is 28.3 Å². The Labute approximate surface area is 103 Å². The molecule has 0 saturated heterocycles. The first-order valence-electron chi connectivity index (χ1n) is 4.83. The van der Waals surface area contributed by atoms with Crippen LogP contribution in [0.25, 0.3) is 0 Å². The van der Waals surface area contributed by atoms with E-state index in [0.717, 1.165) is 0 Å². The van der Waals surface area contributed by atoms with Crippen molar-refractivity contribution in [3.8, 4) is 0 Å². The number of rotatable bonds is 6. The lowest BCUT2D eigenvalue weighted by Gasteiger charge is -2.09. The Bertz CT molecular complexity index is 544. The Balaban J connectivity index is 2.92.